The predicted molar refractivity (Wildman–Crippen MR) is 122 cm³/mol. The average Bonchev–Trinajstić information content (AvgIpc) is 3.48. The number of ether oxygens (including phenoxy) is 2. The summed E-state index contributed by atoms with van der Waals surface area (Å²) in [6.45, 7) is 4.28. The van der Waals surface area contributed by atoms with E-state index in [9.17, 15) is 0 Å². The molecule has 2 aliphatic rings. The van der Waals surface area contributed by atoms with Crippen LogP contribution in [0.25, 0.3) is 22.2 Å². The van der Waals surface area contributed by atoms with Crippen molar-refractivity contribution < 1.29 is 9.47 Å². The molecule has 0 radical (unpaired) electrons. The molecular weight excluding hydrogens is 372 g/mol. The van der Waals surface area contributed by atoms with Crippen LogP contribution >= 0.6 is 0 Å². The number of benzene rings is 2. The van der Waals surface area contributed by atoms with Crippen molar-refractivity contribution in [3.05, 3.63) is 53.6 Å². The molecule has 0 bridgehead atoms. The third kappa shape index (κ3) is 3.77. The van der Waals surface area contributed by atoms with Crippen molar-refractivity contribution in [1.29, 1.82) is 0 Å². The van der Waals surface area contributed by atoms with E-state index in [0.717, 1.165) is 48.5 Å². The maximum absolute atomic E-state index is 6.17. The molecule has 0 saturated carbocycles. The third-order valence-corrected chi connectivity index (χ3v) is 6.47. The second-order valence-corrected chi connectivity index (χ2v) is 8.41. The van der Waals surface area contributed by atoms with E-state index in [1.165, 1.54) is 54.4 Å². The van der Waals surface area contributed by atoms with Gasteiger partial charge in [0.05, 0.1) is 24.9 Å². The van der Waals surface area contributed by atoms with Crippen LogP contribution in [-0.2, 0) is 12.8 Å². The van der Waals surface area contributed by atoms with Gasteiger partial charge >= 0.3 is 0 Å². The summed E-state index contributed by atoms with van der Waals surface area (Å²) in [5.74, 6) is 1.61. The van der Waals surface area contributed by atoms with Crippen molar-refractivity contribution >= 4 is 10.9 Å². The van der Waals surface area contributed by atoms with Crippen LogP contribution in [0.2, 0.25) is 0 Å². The zero-order chi connectivity index (χ0) is 20.3. The zero-order valence-electron chi connectivity index (χ0n) is 17.8. The van der Waals surface area contributed by atoms with E-state index >= 15 is 0 Å². The highest BCUT2D eigenvalue weighted by atomic mass is 16.5. The second-order valence-electron chi connectivity index (χ2n) is 8.41. The van der Waals surface area contributed by atoms with Gasteiger partial charge in [-0.25, -0.2) is 4.98 Å². The number of aromatic nitrogens is 1. The van der Waals surface area contributed by atoms with E-state index in [1.54, 1.807) is 7.11 Å². The van der Waals surface area contributed by atoms with Gasteiger partial charge < -0.3 is 14.4 Å². The summed E-state index contributed by atoms with van der Waals surface area (Å²) < 4.78 is 11.9. The predicted octanol–water partition coefficient (Wildman–Crippen LogP) is 5.26. The fourth-order valence-corrected chi connectivity index (χ4v) is 4.96. The maximum atomic E-state index is 6.17. The normalized spacial score (nSPS) is 16.2. The summed E-state index contributed by atoms with van der Waals surface area (Å²) in [5, 5.41) is 1.21. The van der Waals surface area contributed by atoms with E-state index < -0.39 is 0 Å². The van der Waals surface area contributed by atoms with Gasteiger partial charge in [-0.1, -0.05) is 30.3 Å². The van der Waals surface area contributed by atoms with E-state index in [-0.39, 0.29) is 0 Å². The Morgan fingerprint density at radius 2 is 1.73 bits per heavy atom. The van der Waals surface area contributed by atoms with Crippen molar-refractivity contribution in [3.8, 4) is 22.8 Å². The summed E-state index contributed by atoms with van der Waals surface area (Å²) in [6, 6.07) is 14.8. The number of aryl methyl sites for hydroxylation is 1. The Balaban J connectivity index is 1.45. The van der Waals surface area contributed by atoms with Crippen LogP contribution in [0.5, 0.6) is 11.5 Å². The molecule has 2 heterocycles. The molecule has 5 rings (SSSR count). The number of fused-ring (bicyclic) bond motifs is 3. The zero-order valence-corrected chi connectivity index (χ0v) is 17.8. The average molecular weight is 403 g/mol. The fraction of sp³-hybridized carbons (Fsp3) is 0.423. The number of methoxy groups -OCH3 is 1. The molecule has 4 heteroatoms. The first kappa shape index (κ1) is 19.4. The topological polar surface area (TPSA) is 34.6 Å². The number of likely N-dealkylation sites (tertiary alicyclic amines) is 1. The van der Waals surface area contributed by atoms with Gasteiger partial charge in [-0.2, -0.15) is 0 Å². The van der Waals surface area contributed by atoms with Crippen LogP contribution in [0.4, 0.5) is 0 Å². The van der Waals surface area contributed by atoms with Crippen molar-refractivity contribution in [2.24, 2.45) is 0 Å². The van der Waals surface area contributed by atoms with Crippen LogP contribution in [0, 0.1) is 0 Å². The molecular formula is C26H30N2O2. The number of rotatable bonds is 7. The molecule has 0 atom stereocenters. The molecule has 4 nitrogen and oxygen atoms in total. The van der Waals surface area contributed by atoms with E-state index in [0.29, 0.717) is 6.61 Å². The summed E-state index contributed by atoms with van der Waals surface area (Å²) in [4.78, 5) is 7.63. The van der Waals surface area contributed by atoms with Crippen LogP contribution < -0.4 is 9.47 Å². The lowest BCUT2D eigenvalue weighted by molar-refractivity contribution is 0.254. The van der Waals surface area contributed by atoms with Crippen LogP contribution in [0.15, 0.2) is 42.5 Å². The standard InChI is InChI=1S/C26H30N2O2/c1-29-24-17-22-20-11-7-12-21(20)26(19-9-3-2-4-10-19)27-23(22)18-25(24)30-16-8-15-28-13-5-6-14-28/h2-4,9-10,17-18H,5-8,11-16H2,1H3. The molecule has 3 aromatic rings. The Morgan fingerprint density at radius 3 is 2.53 bits per heavy atom. The highest BCUT2D eigenvalue weighted by Crippen LogP contribution is 2.40. The van der Waals surface area contributed by atoms with Crippen molar-refractivity contribution in [2.45, 2.75) is 38.5 Å². The van der Waals surface area contributed by atoms with Crippen LogP contribution in [0.1, 0.15) is 36.8 Å². The first-order chi connectivity index (χ1) is 14.8. The van der Waals surface area contributed by atoms with Gasteiger partial charge in [-0.15, -0.1) is 0 Å². The Kier molecular flexibility index (Phi) is 5.58. The van der Waals surface area contributed by atoms with Crippen molar-refractivity contribution in [1.82, 2.24) is 9.88 Å². The second kappa shape index (κ2) is 8.65. The first-order valence-corrected chi connectivity index (χ1v) is 11.3. The Labute approximate surface area is 178 Å². The third-order valence-electron chi connectivity index (χ3n) is 6.47. The highest BCUT2D eigenvalue weighted by Gasteiger charge is 2.22. The monoisotopic (exact) mass is 402 g/mol. The van der Waals surface area contributed by atoms with Gasteiger partial charge in [-0.05, 0) is 68.8 Å². The molecule has 1 saturated heterocycles. The molecule has 1 aromatic heterocycles. The first-order valence-electron chi connectivity index (χ1n) is 11.3. The lowest BCUT2D eigenvalue weighted by atomic mass is 9.98. The van der Waals surface area contributed by atoms with Gasteiger partial charge in [-0.3, -0.25) is 0 Å². The van der Waals surface area contributed by atoms with Gasteiger partial charge in [0.15, 0.2) is 11.5 Å². The lowest BCUT2D eigenvalue weighted by Crippen LogP contribution is -2.21. The molecule has 1 aliphatic heterocycles. The quantitative estimate of drug-likeness (QED) is 0.505. The summed E-state index contributed by atoms with van der Waals surface area (Å²) in [7, 11) is 1.73. The van der Waals surface area contributed by atoms with Gasteiger partial charge in [0.25, 0.3) is 0 Å². The molecule has 156 valence electrons. The minimum atomic E-state index is 0.703. The largest absolute Gasteiger partial charge is 0.493 e. The Morgan fingerprint density at radius 1 is 0.933 bits per heavy atom. The molecule has 1 fully saturated rings. The van der Waals surface area contributed by atoms with Gasteiger partial charge in [0, 0.05) is 23.6 Å². The van der Waals surface area contributed by atoms with Gasteiger partial charge in [0.1, 0.15) is 0 Å². The van der Waals surface area contributed by atoms with Crippen LogP contribution in [0.3, 0.4) is 0 Å². The number of hydrogen-bond acceptors (Lipinski definition) is 4. The molecule has 0 spiro atoms. The number of pyridine rings is 1. The molecule has 30 heavy (non-hydrogen) atoms. The summed E-state index contributed by atoms with van der Waals surface area (Å²) in [5.41, 5.74) is 6.15. The molecule has 2 aromatic carbocycles. The highest BCUT2D eigenvalue weighted by molar-refractivity contribution is 5.90. The SMILES string of the molecule is COc1cc2c3c(c(-c4ccccc4)nc2cc1OCCCN1CCCC1)CCC3. The minimum Gasteiger partial charge on any atom is -0.493 e. The van der Waals surface area contributed by atoms with Crippen molar-refractivity contribution in [2.75, 3.05) is 33.4 Å². The van der Waals surface area contributed by atoms with Crippen LogP contribution in [-0.4, -0.2) is 43.2 Å². The lowest BCUT2D eigenvalue weighted by Gasteiger charge is -2.17. The van der Waals surface area contributed by atoms with Gasteiger partial charge in [0.2, 0.25) is 0 Å². The summed E-state index contributed by atoms with van der Waals surface area (Å²) >= 11 is 0. The molecule has 0 unspecified atom stereocenters. The smallest absolute Gasteiger partial charge is 0.163 e. The molecule has 1 aliphatic carbocycles. The molecule has 0 amide bonds. The minimum absolute atomic E-state index is 0.703. The number of hydrogen-bond donors (Lipinski definition) is 0. The number of nitrogens with zero attached hydrogens (tertiary/aromatic N) is 2. The maximum Gasteiger partial charge on any atom is 0.163 e. The Bertz CT molecular complexity index is 1030. The van der Waals surface area contributed by atoms with Crippen molar-refractivity contribution in [3.63, 3.8) is 0 Å². The van der Waals surface area contributed by atoms with E-state index in [2.05, 4.69) is 47.4 Å². The fourth-order valence-electron chi connectivity index (χ4n) is 4.96. The Hall–Kier alpha value is -2.59. The van der Waals surface area contributed by atoms with E-state index in [1.807, 2.05) is 0 Å². The summed E-state index contributed by atoms with van der Waals surface area (Å²) in [6.07, 6.45) is 7.09. The van der Waals surface area contributed by atoms with E-state index in [4.69, 9.17) is 14.5 Å². The molecule has 0 N–H and O–H groups in total.